The molecule has 0 unspecified atom stereocenters. The second-order valence-corrected chi connectivity index (χ2v) is 6.76. The SMILES string of the molecule is CCc1ccc2oc(C(=O)NC[C@H](c3ccccc3)N(C)C)cc(=O)c2c1. The van der Waals surface area contributed by atoms with E-state index >= 15 is 0 Å². The average Bonchev–Trinajstić information content (AvgIpc) is 2.68. The zero-order valence-corrected chi connectivity index (χ0v) is 15.9. The van der Waals surface area contributed by atoms with E-state index in [-0.39, 0.29) is 17.2 Å². The number of hydrogen-bond acceptors (Lipinski definition) is 4. The fraction of sp³-hybridized carbons (Fsp3) is 0.273. The molecule has 1 amide bonds. The van der Waals surface area contributed by atoms with Crippen LogP contribution in [0.25, 0.3) is 11.0 Å². The lowest BCUT2D eigenvalue weighted by Crippen LogP contribution is -2.34. The summed E-state index contributed by atoms with van der Waals surface area (Å²) in [5.74, 6) is -0.362. The third-order valence-corrected chi connectivity index (χ3v) is 4.69. The monoisotopic (exact) mass is 364 g/mol. The quantitative estimate of drug-likeness (QED) is 0.728. The van der Waals surface area contributed by atoms with Crippen molar-refractivity contribution in [1.29, 1.82) is 0 Å². The summed E-state index contributed by atoms with van der Waals surface area (Å²) in [6.07, 6.45) is 0.836. The number of likely N-dealkylation sites (N-methyl/N-ethyl adjacent to an activating group) is 1. The lowest BCUT2D eigenvalue weighted by molar-refractivity contribution is 0.0914. The van der Waals surface area contributed by atoms with Crippen LogP contribution in [0, 0.1) is 0 Å². The summed E-state index contributed by atoms with van der Waals surface area (Å²) in [5, 5.41) is 3.38. The van der Waals surface area contributed by atoms with Gasteiger partial charge in [0.2, 0.25) is 0 Å². The molecular formula is C22H24N2O3. The predicted molar refractivity (Wildman–Crippen MR) is 107 cm³/mol. The summed E-state index contributed by atoms with van der Waals surface area (Å²) >= 11 is 0. The van der Waals surface area contributed by atoms with Crippen molar-refractivity contribution in [3.05, 3.63) is 81.7 Å². The molecule has 5 nitrogen and oxygen atoms in total. The Balaban J connectivity index is 1.80. The topological polar surface area (TPSA) is 62.6 Å². The van der Waals surface area contributed by atoms with Crippen molar-refractivity contribution in [1.82, 2.24) is 10.2 Å². The van der Waals surface area contributed by atoms with Crippen molar-refractivity contribution >= 4 is 16.9 Å². The number of carbonyl (C=O) groups is 1. The van der Waals surface area contributed by atoms with Gasteiger partial charge >= 0.3 is 0 Å². The third-order valence-electron chi connectivity index (χ3n) is 4.69. The van der Waals surface area contributed by atoms with E-state index in [2.05, 4.69) is 5.32 Å². The van der Waals surface area contributed by atoms with Gasteiger partial charge in [0.1, 0.15) is 5.58 Å². The number of carbonyl (C=O) groups excluding carboxylic acids is 1. The Labute approximate surface area is 158 Å². The van der Waals surface area contributed by atoms with Gasteiger partial charge in [-0.2, -0.15) is 0 Å². The van der Waals surface area contributed by atoms with Crippen LogP contribution in [0.4, 0.5) is 0 Å². The Hall–Kier alpha value is -2.92. The molecule has 1 N–H and O–H groups in total. The van der Waals surface area contributed by atoms with Crippen LogP contribution < -0.4 is 10.7 Å². The average molecular weight is 364 g/mol. The molecule has 0 spiro atoms. The van der Waals surface area contributed by atoms with E-state index in [9.17, 15) is 9.59 Å². The third kappa shape index (κ3) is 4.26. The lowest BCUT2D eigenvalue weighted by Gasteiger charge is -2.25. The molecule has 27 heavy (non-hydrogen) atoms. The van der Waals surface area contributed by atoms with Crippen molar-refractivity contribution < 1.29 is 9.21 Å². The summed E-state index contributed by atoms with van der Waals surface area (Å²) in [6, 6.07) is 16.7. The van der Waals surface area contributed by atoms with Crippen LogP contribution in [0.5, 0.6) is 0 Å². The largest absolute Gasteiger partial charge is 0.451 e. The van der Waals surface area contributed by atoms with Gasteiger partial charge in [-0.05, 0) is 43.8 Å². The second-order valence-electron chi connectivity index (χ2n) is 6.76. The molecule has 0 bridgehead atoms. The lowest BCUT2D eigenvalue weighted by atomic mass is 10.1. The maximum absolute atomic E-state index is 12.6. The fourth-order valence-electron chi connectivity index (χ4n) is 3.09. The van der Waals surface area contributed by atoms with E-state index in [4.69, 9.17) is 4.42 Å². The zero-order chi connectivity index (χ0) is 19.4. The molecule has 0 fully saturated rings. The minimum absolute atomic E-state index is 0.0226. The Kier molecular flexibility index (Phi) is 5.72. The van der Waals surface area contributed by atoms with E-state index in [0.29, 0.717) is 17.5 Å². The van der Waals surface area contributed by atoms with Crippen LogP contribution >= 0.6 is 0 Å². The number of rotatable bonds is 6. The molecule has 140 valence electrons. The summed E-state index contributed by atoms with van der Waals surface area (Å²) < 4.78 is 5.68. The Bertz CT molecular complexity index is 993. The highest BCUT2D eigenvalue weighted by molar-refractivity contribution is 5.93. The van der Waals surface area contributed by atoms with Gasteiger partial charge < -0.3 is 14.6 Å². The smallest absolute Gasteiger partial charge is 0.287 e. The minimum atomic E-state index is -0.392. The van der Waals surface area contributed by atoms with E-state index in [1.165, 1.54) is 6.07 Å². The van der Waals surface area contributed by atoms with Gasteiger partial charge in [0.15, 0.2) is 11.2 Å². The molecule has 1 atom stereocenters. The van der Waals surface area contributed by atoms with Crippen LogP contribution in [0.2, 0.25) is 0 Å². The highest BCUT2D eigenvalue weighted by atomic mass is 16.3. The molecule has 3 rings (SSSR count). The molecule has 3 aromatic rings. The van der Waals surface area contributed by atoms with Crippen LogP contribution in [-0.4, -0.2) is 31.4 Å². The Morgan fingerprint density at radius 2 is 1.85 bits per heavy atom. The number of aryl methyl sites for hydroxylation is 1. The number of nitrogens with zero attached hydrogens (tertiary/aromatic N) is 1. The van der Waals surface area contributed by atoms with E-state index < -0.39 is 5.91 Å². The highest BCUT2D eigenvalue weighted by Crippen LogP contribution is 2.18. The maximum Gasteiger partial charge on any atom is 0.287 e. The molecule has 5 heteroatoms. The van der Waals surface area contributed by atoms with Crippen molar-refractivity contribution in [2.24, 2.45) is 0 Å². The first-order chi connectivity index (χ1) is 13.0. The molecule has 0 aliphatic rings. The van der Waals surface area contributed by atoms with Crippen molar-refractivity contribution in [2.75, 3.05) is 20.6 Å². The summed E-state index contributed by atoms with van der Waals surface area (Å²) in [7, 11) is 3.93. The first kappa shape index (κ1) is 18.9. The number of fused-ring (bicyclic) bond motifs is 1. The summed E-state index contributed by atoms with van der Waals surface area (Å²) in [4.78, 5) is 27.0. The molecule has 0 saturated heterocycles. The van der Waals surface area contributed by atoms with Gasteiger partial charge in [-0.3, -0.25) is 9.59 Å². The van der Waals surface area contributed by atoms with E-state index in [0.717, 1.165) is 17.5 Å². The normalized spacial score (nSPS) is 12.3. The van der Waals surface area contributed by atoms with Gasteiger partial charge in [-0.25, -0.2) is 0 Å². The van der Waals surface area contributed by atoms with Crippen LogP contribution in [0.15, 0.2) is 63.8 Å². The number of nitrogens with one attached hydrogen (secondary N) is 1. The first-order valence-corrected chi connectivity index (χ1v) is 9.06. The van der Waals surface area contributed by atoms with Crippen molar-refractivity contribution in [3.63, 3.8) is 0 Å². The van der Waals surface area contributed by atoms with Gasteiger partial charge in [0, 0.05) is 12.6 Å². The Morgan fingerprint density at radius 1 is 1.11 bits per heavy atom. The molecule has 0 radical (unpaired) electrons. The molecule has 2 aromatic carbocycles. The Morgan fingerprint density at radius 3 is 2.52 bits per heavy atom. The number of benzene rings is 2. The fourth-order valence-corrected chi connectivity index (χ4v) is 3.09. The maximum atomic E-state index is 12.6. The van der Waals surface area contributed by atoms with E-state index in [1.54, 1.807) is 6.07 Å². The van der Waals surface area contributed by atoms with Gasteiger partial charge in [-0.15, -0.1) is 0 Å². The summed E-state index contributed by atoms with van der Waals surface area (Å²) in [6.45, 7) is 2.44. The first-order valence-electron chi connectivity index (χ1n) is 9.06. The van der Waals surface area contributed by atoms with Crippen LogP contribution in [0.1, 0.15) is 34.6 Å². The predicted octanol–water partition coefficient (Wildman–Crippen LogP) is 3.39. The standard InChI is InChI=1S/C22H24N2O3/c1-4-15-10-11-20-17(12-15)19(25)13-21(27-20)22(26)23-14-18(24(2)3)16-8-6-5-7-9-16/h5-13,18H,4,14H2,1-3H3,(H,23,26)/t18-/m1/s1. The molecule has 0 aliphatic heterocycles. The summed E-state index contributed by atoms with van der Waals surface area (Å²) in [5.41, 5.74) is 2.39. The van der Waals surface area contributed by atoms with Crippen LogP contribution in [-0.2, 0) is 6.42 Å². The number of amides is 1. The van der Waals surface area contributed by atoms with Crippen molar-refractivity contribution in [2.45, 2.75) is 19.4 Å². The highest BCUT2D eigenvalue weighted by Gasteiger charge is 2.17. The molecule has 0 aliphatic carbocycles. The van der Waals surface area contributed by atoms with Gasteiger partial charge in [0.05, 0.1) is 11.4 Å². The van der Waals surface area contributed by atoms with Crippen molar-refractivity contribution in [3.8, 4) is 0 Å². The minimum Gasteiger partial charge on any atom is -0.451 e. The van der Waals surface area contributed by atoms with Gasteiger partial charge in [-0.1, -0.05) is 43.3 Å². The molecule has 0 saturated carbocycles. The zero-order valence-electron chi connectivity index (χ0n) is 15.9. The van der Waals surface area contributed by atoms with E-state index in [1.807, 2.05) is 68.4 Å². The molecular weight excluding hydrogens is 340 g/mol. The second kappa shape index (κ2) is 8.18. The van der Waals surface area contributed by atoms with Gasteiger partial charge in [0.25, 0.3) is 5.91 Å². The molecule has 1 aromatic heterocycles. The molecule has 1 heterocycles. The number of hydrogen-bond donors (Lipinski definition) is 1. The van der Waals surface area contributed by atoms with Crippen LogP contribution in [0.3, 0.4) is 0 Å².